The number of nitrogens with one attached hydrogen (secondary N) is 3. The molecule has 1 aromatic heterocycles. The van der Waals surface area contributed by atoms with Crippen molar-refractivity contribution >= 4 is 11.8 Å². The summed E-state index contributed by atoms with van der Waals surface area (Å²) in [4.78, 5) is 35.4. The number of ether oxygens (including phenoxy) is 1. The van der Waals surface area contributed by atoms with E-state index in [9.17, 15) is 14.7 Å². The van der Waals surface area contributed by atoms with E-state index in [1.54, 1.807) is 13.1 Å². The minimum absolute atomic E-state index is 0.0658. The molecule has 0 bridgehead atoms. The zero-order chi connectivity index (χ0) is 33.9. The Hall–Kier alpha value is -3.03. The Morgan fingerprint density at radius 2 is 1.96 bits per heavy atom. The lowest BCUT2D eigenvalue weighted by Gasteiger charge is -2.46. The van der Waals surface area contributed by atoms with Crippen LogP contribution in [0.1, 0.15) is 87.7 Å². The number of aliphatic hydroxyl groups is 1. The lowest BCUT2D eigenvalue weighted by Crippen LogP contribution is -2.68. The third kappa shape index (κ3) is 10.2. The summed E-state index contributed by atoms with van der Waals surface area (Å²) in [7, 11) is 0. The Morgan fingerprint density at radius 3 is 2.71 bits per heavy atom. The van der Waals surface area contributed by atoms with Crippen LogP contribution in [0.25, 0.3) is 0 Å². The van der Waals surface area contributed by atoms with Crippen molar-refractivity contribution in [1.29, 1.82) is 0 Å². The SMILES string of the molecule is CCCCCCCCCN1CNC(C(=O)NC[C@H](O)CN2CCc3c(ccc(OCc4cnco4)c3C)C2)CC1NC1CN(C(C)=O)C1. The summed E-state index contributed by atoms with van der Waals surface area (Å²) in [5.41, 5.74) is 3.68. The number of aliphatic hydroxyl groups excluding tert-OH is 1. The molecule has 48 heavy (non-hydrogen) atoms. The van der Waals surface area contributed by atoms with E-state index in [-0.39, 0.29) is 36.6 Å². The minimum Gasteiger partial charge on any atom is -0.485 e. The van der Waals surface area contributed by atoms with Crippen LogP contribution in [0.2, 0.25) is 0 Å². The molecule has 12 nitrogen and oxygen atoms in total. The number of nitrogens with zero attached hydrogens (tertiary/aromatic N) is 4. The van der Waals surface area contributed by atoms with Gasteiger partial charge in [-0.25, -0.2) is 4.98 Å². The lowest BCUT2D eigenvalue weighted by atomic mass is 9.94. The van der Waals surface area contributed by atoms with Crippen LogP contribution in [0.3, 0.4) is 0 Å². The average molecular weight is 668 g/mol. The molecule has 2 fully saturated rings. The predicted molar refractivity (Wildman–Crippen MR) is 184 cm³/mol. The highest BCUT2D eigenvalue weighted by Gasteiger charge is 2.36. The number of unbranched alkanes of at least 4 members (excludes halogenated alkanes) is 6. The van der Waals surface area contributed by atoms with Gasteiger partial charge in [-0.05, 0) is 42.5 Å². The van der Waals surface area contributed by atoms with Gasteiger partial charge in [-0.15, -0.1) is 0 Å². The number of carbonyl (C=O) groups is 2. The molecule has 1 aromatic carbocycles. The van der Waals surface area contributed by atoms with Crippen LogP contribution in [0.5, 0.6) is 5.75 Å². The number of hydrogen-bond acceptors (Lipinski definition) is 10. The van der Waals surface area contributed by atoms with E-state index in [0.29, 0.717) is 45.1 Å². The minimum atomic E-state index is -0.667. The summed E-state index contributed by atoms with van der Waals surface area (Å²) in [5, 5.41) is 21.1. The molecule has 0 aliphatic carbocycles. The molecule has 4 N–H and O–H groups in total. The standard InChI is InChI=1S/C36H57N7O5/c1-4-5-6-7-8-9-10-14-42-24-39-33(16-35(42)40-29-20-43(21-29)27(3)44)36(46)38-17-30(45)22-41-15-13-32-26(2)34(12-11-28(32)19-41)47-23-31-18-37-25-48-31/h11-12,18,25,29-30,33,35,39-40,45H,4-10,13-17,19-24H2,1-3H3,(H,38,46)/t30-,33?,35?/m0/s1. The molecule has 2 saturated heterocycles. The molecule has 4 heterocycles. The Bertz CT molecular complexity index is 1300. The zero-order valence-corrected chi connectivity index (χ0v) is 29.2. The molecule has 0 saturated carbocycles. The predicted octanol–water partition coefficient (Wildman–Crippen LogP) is 2.92. The first-order valence-corrected chi connectivity index (χ1v) is 18.1. The molecule has 3 aliphatic heterocycles. The van der Waals surface area contributed by atoms with E-state index in [1.807, 2.05) is 11.0 Å². The molecular formula is C36H57N7O5. The van der Waals surface area contributed by atoms with Crippen molar-refractivity contribution in [1.82, 2.24) is 35.6 Å². The quantitative estimate of drug-likeness (QED) is 0.176. The molecule has 12 heteroatoms. The lowest BCUT2D eigenvalue weighted by molar-refractivity contribution is -0.134. The summed E-state index contributed by atoms with van der Waals surface area (Å²) >= 11 is 0. The van der Waals surface area contributed by atoms with Gasteiger partial charge in [-0.2, -0.15) is 0 Å². The van der Waals surface area contributed by atoms with Crippen molar-refractivity contribution in [2.75, 3.05) is 45.9 Å². The highest BCUT2D eigenvalue weighted by atomic mass is 16.5. The summed E-state index contributed by atoms with van der Waals surface area (Å²) in [6.07, 6.45) is 12.8. The molecule has 2 aromatic rings. The van der Waals surface area contributed by atoms with Gasteiger partial charge in [0, 0.05) is 65.2 Å². The summed E-state index contributed by atoms with van der Waals surface area (Å²) < 4.78 is 11.3. The summed E-state index contributed by atoms with van der Waals surface area (Å²) in [6, 6.07) is 4.02. The van der Waals surface area contributed by atoms with Crippen LogP contribution < -0.4 is 20.7 Å². The van der Waals surface area contributed by atoms with Gasteiger partial charge in [0.1, 0.15) is 12.4 Å². The Morgan fingerprint density at radius 1 is 1.17 bits per heavy atom. The number of carbonyl (C=O) groups excluding carboxylic acids is 2. The number of rotatable bonds is 18. The van der Waals surface area contributed by atoms with Crippen LogP contribution >= 0.6 is 0 Å². The van der Waals surface area contributed by atoms with Crippen LogP contribution in [-0.4, -0.2) is 107 Å². The first-order valence-electron chi connectivity index (χ1n) is 18.1. The van der Waals surface area contributed by atoms with Crippen molar-refractivity contribution in [3.8, 4) is 5.75 Å². The Labute approximate surface area is 285 Å². The Balaban J connectivity index is 1.05. The van der Waals surface area contributed by atoms with Gasteiger partial charge in [-0.3, -0.25) is 30.0 Å². The van der Waals surface area contributed by atoms with Gasteiger partial charge < -0.3 is 24.5 Å². The van der Waals surface area contributed by atoms with Crippen LogP contribution in [0.4, 0.5) is 0 Å². The van der Waals surface area contributed by atoms with Gasteiger partial charge in [0.25, 0.3) is 0 Å². The molecule has 0 radical (unpaired) electrons. The van der Waals surface area contributed by atoms with E-state index in [4.69, 9.17) is 9.15 Å². The maximum atomic E-state index is 13.3. The van der Waals surface area contributed by atoms with Gasteiger partial charge in [0.15, 0.2) is 12.2 Å². The number of fused-ring (bicyclic) bond motifs is 1. The van der Waals surface area contributed by atoms with Gasteiger partial charge >= 0.3 is 0 Å². The molecule has 266 valence electrons. The number of likely N-dealkylation sites (tertiary alicyclic amines) is 1. The number of amides is 2. The van der Waals surface area contributed by atoms with Crippen molar-refractivity contribution < 1.29 is 23.8 Å². The fraction of sp³-hybridized carbons (Fsp3) is 0.694. The summed E-state index contributed by atoms with van der Waals surface area (Å²) in [5.74, 6) is 1.57. The maximum Gasteiger partial charge on any atom is 0.237 e. The fourth-order valence-electron chi connectivity index (χ4n) is 7.14. The average Bonchev–Trinajstić information content (AvgIpc) is 3.58. The number of β-amino-alcohol motifs (C(OH)–C–C–N with tert-alkyl or cyclic N) is 1. The van der Waals surface area contributed by atoms with Crippen LogP contribution in [-0.2, 0) is 29.2 Å². The van der Waals surface area contributed by atoms with E-state index in [0.717, 1.165) is 43.8 Å². The smallest absolute Gasteiger partial charge is 0.237 e. The second-order valence-corrected chi connectivity index (χ2v) is 13.9. The fourth-order valence-corrected chi connectivity index (χ4v) is 7.14. The highest BCUT2D eigenvalue weighted by Crippen LogP contribution is 2.30. The van der Waals surface area contributed by atoms with E-state index < -0.39 is 6.10 Å². The molecule has 3 aliphatic rings. The number of oxazole rings is 1. The van der Waals surface area contributed by atoms with Crippen LogP contribution in [0.15, 0.2) is 29.1 Å². The number of aromatic nitrogens is 1. The largest absolute Gasteiger partial charge is 0.485 e. The molecule has 5 rings (SSSR count). The van der Waals surface area contributed by atoms with Crippen molar-refractivity contribution in [2.45, 2.75) is 116 Å². The third-order valence-electron chi connectivity index (χ3n) is 10.1. The third-order valence-corrected chi connectivity index (χ3v) is 10.1. The number of hydrogen-bond donors (Lipinski definition) is 4. The first kappa shape index (κ1) is 36.3. The second-order valence-electron chi connectivity index (χ2n) is 13.9. The van der Waals surface area contributed by atoms with E-state index in [2.05, 4.69) is 50.6 Å². The zero-order valence-electron chi connectivity index (χ0n) is 29.2. The number of benzene rings is 1. The van der Waals surface area contributed by atoms with Gasteiger partial charge in [0.05, 0.1) is 31.2 Å². The second kappa shape index (κ2) is 18.1. The summed E-state index contributed by atoms with van der Waals surface area (Å²) in [6.45, 7) is 11.6. The highest BCUT2D eigenvalue weighted by molar-refractivity contribution is 5.82. The van der Waals surface area contributed by atoms with E-state index >= 15 is 0 Å². The molecule has 3 atom stereocenters. The normalized spacial score (nSPS) is 21.0. The van der Waals surface area contributed by atoms with Crippen LogP contribution in [0, 0.1) is 6.92 Å². The van der Waals surface area contributed by atoms with E-state index in [1.165, 1.54) is 56.0 Å². The molecule has 0 spiro atoms. The van der Waals surface area contributed by atoms with Crippen molar-refractivity contribution in [2.24, 2.45) is 0 Å². The molecule has 2 unspecified atom stereocenters. The first-order chi connectivity index (χ1) is 23.3. The molecular weight excluding hydrogens is 610 g/mol. The van der Waals surface area contributed by atoms with Crippen molar-refractivity contribution in [3.05, 3.63) is 47.2 Å². The van der Waals surface area contributed by atoms with Gasteiger partial charge in [0.2, 0.25) is 11.8 Å². The van der Waals surface area contributed by atoms with Crippen molar-refractivity contribution in [3.63, 3.8) is 0 Å². The Kier molecular flexibility index (Phi) is 13.7. The molecule has 2 amide bonds. The monoisotopic (exact) mass is 667 g/mol. The van der Waals surface area contributed by atoms with Gasteiger partial charge in [-0.1, -0.05) is 51.5 Å². The topological polar surface area (TPSA) is 135 Å². The maximum absolute atomic E-state index is 13.3.